The summed E-state index contributed by atoms with van der Waals surface area (Å²) in [6.07, 6.45) is -4.48. The Labute approximate surface area is 122 Å². The molecule has 0 unspecified atom stereocenters. The molecule has 112 valence electrons. The van der Waals surface area contributed by atoms with Crippen LogP contribution in [0.3, 0.4) is 0 Å². The van der Waals surface area contributed by atoms with Crippen LogP contribution in [0, 0.1) is 0 Å². The first-order valence-corrected chi connectivity index (χ1v) is 6.51. The van der Waals surface area contributed by atoms with Crippen LogP contribution in [-0.2, 0) is 25.8 Å². The van der Waals surface area contributed by atoms with Crippen molar-refractivity contribution < 1.29 is 13.2 Å². The number of rotatable bonds is 2. The quantitative estimate of drug-likeness (QED) is 0.844. The van der Waals surface area contributed by atoms with Gasteiger partial charge in [-0.2, -0.15) is 18.3 Å². The zero-order valence-corrected chi connectivity index (χ0v) is 11.4. The van der Waals surface area contributed by atoms with Crippen molar-refractivity contribution in [3.8, 4) is 0 Å². The van der Waals surface area contributed by atoms with E-state index in [-0.39, 0.29) is 13.1 Å². The fourth-order valence-corrected chi connectivity index (χ4v) is 2.31. The Bertz CT molecular complexity index is 638. The molecule has 0 N–H and O–H groups in total. The Morgan fingerprint density at radius 2 is 1.90 bits per heavy atom. The van der Waals surface area contributed by atoms with E-state index in [1.165, 1.54) is 0 Å². The molecule has 0 bridgehead atoms. The predicted octanol–water partition coefficient (Wildman–Crippen LogP) is 1.76. The molecule has 0 amide bonds. The van der Waals surface area contributed by atoms with Gasteiger partial charge in [-0.05, 0) is 12.1 Å². The molecule has 0 fully saturated rings. The summed E-state index contributed by atoms with van der Waals surface area (Å²) in [5.41, 5.74) is 0.698. The highest BCUT2D eigenvalue weighted by Crippen LogP contribution is 2.29. The van der Waals surface area contributed by atoms with E-state index in [1.807, 2.05) is 4.90 Å². The number of fused-ring (bicyclic) bond motifs is 1. The summed E-state index contributed by atoms with van der Waals surface area (Å²) in [4.78, 5) is 1.93. The maximum absolute atomic E-state index is 12.7. The average Bonchev–Trinajstić information content (AvgIpc) is 2.84. The molecule has 0 spiro atoms. The Morgan fingerprint density at radius 3 is 2.57 bits per heavy atom. The van der Waals surface area contributed by atoms with Crippen LogP contribution < -0.4 is 0 Å². The van der Waals surface area contributed by atoms with E-state index in [0.29, 0.717) is 29.8 Å². The van der Waals surface area contributed by atoms with Gasteiger partial charge in [-0.3, -0.25) is 4.90 Å². The normalized spacial score (nSPS) is 16.0. The highest BCUT2D eigenvalue weighted by atomic mass is 35.5. The van der Waals surface area contributed by atoms with Crippen molar-refractivity contribution in [2.45, 2.75) is 25.8 Å². The fourth-order valence-electron chi connectivity index (χ4n) is 2.21. The van der Waals surface area contributed by atoms with Crippen LogP contribution in [0.25, 0.3) is 0 Å². The van der Waals surface area contributed by atoms with E-state index in [2.05, 4.69) is 20.4 Å². The predicted molar refractivity (Wildman–Crippen MR) is 66.2 cm³/mol. The van der Waals surface area contributed by atoms with Gasteiger partial charge in [0.15, 0.2) is 5.15 Å². The van der Waals surface area contributed by atoms with Crippen molar-refractivity contribution in [2.24, 2.45) is 0 Å². The summed E-state index contributed by atoms with van der Waals surface area (Å²) in [5.74, 6) is -0.640. The van der Waals surface area contributed by atoms with E-state index in [9.17, 15) is 13.2 Å². The van der Waals surface area contributed by atoms with Crippen molar-refractivity contribution in [1.29, 1.82) is 0 Å². The largest absolute Gasteiger partial charge is 0.451 e. The summed E-state index contributed by atoms with van der Waals surface area (Å²) < 4.78 is 39.3. The number of hydrogen-bond acceptors (Lipinski definition) is 5. The lowest BCUT2D eigenvalue weighted by Crippen LogP contribution is -2.35. The third-order valence-corrected chi connectivity index (χ3v) is 3.36. The van der Waals surface area contributed by atoms with Crippen LogP contribution in [0.15, 0.2) is 12.1 Å². The number of nitrogens with zero attached hydrogens (tertiary/aromatic N) is 6. The van der Waals surface area contributed by atoms with Gasteiger partial charge in [0.1, 0.15) is 5.82 Å². The number of halogens is 4. The molecule has 0 saturated carbocycles. The second kappa shape index (κ2) is 5.23. The van der Waals surface area contributed by atoms with Crippen LogP contribution in [0.2, 0.25) is 5.15 Å². The first-order valence-electron chi connectivity index (χ1n) is 6.13. The van der Waals surface area contributed by atoms with Crippen LogP contribution in [-0.4, -0.2) is 36.4 Å². The second-order valence-electron chi connectivity index (χ2n) is 4.65. The van der Waals surface area contributed by atoms with Gasteiger partial charge in [-0.25, -0.2) is 0 Å². The van der Waals surface area contributed by atoms with Crippen molar-refractivity contribution in [1.82, 2.24) is 29.9 Å². The van der Waals surface area contributed by atoms with E-state index < -0.39 is 12.0 Å². The molecule has 0 atom stereocenters. The van der Waals surface area contributed by atoms with E-state index >= 15 is 0 Å². The molecule has 1 aliphatic heterocycles. The Morgan fingerprint density at radius 1 is 1.10 bits per heavy atom. The van der Waals surface area contributed by atoms with Crippen LogP contribution in [0.5, 0.6) is 0 Å². The lowest BCUT2D eigenvalue weighted by atomic mass is 10.3. The molecule has 3 rings (SSSR count). The standard InChI is InChI=1S/C11H10ClF3N6/c12-8-2-1-7(16-17-8)5-20-3-4-21-9(6-20)18-19-10(21)11(13,14)15/h1-2H,3-6H2. The topological polar surface area (TPSA) is 59.7 Å². The van der Waals surface area contributed by atoms with Gasteiger partial charge in [-0.1, -0.05) is 11.6 Å². The van der Waals surface area contributed by atoms with Gasteiger partial charge in [0.25, 0.3) is 0 Å². The third-order valence-electron chi connectivity index (χ3n) is 3.16. The second-order valence-corrected chi connectivity index (χ2v) is 5.03. The minimum atomic E-state index is -4.48. The molecule has 0 aliphatic carbocycles. The number of alkyl halides is 3. The minimum absolute atomic E-state index is 0.193. The first kappa shape index (κ1) is 14.2. The van der Waals surface area contributed by atoms with Crippen LogP contribution in [0.4, 0.5) is 13.2 Å². The molecule has 3 heterocycles. The Hall–Kier alpha value is -1.74. The molecular weight excluding hydrogens is 309 g/mol. The van der Waals surface area contributed by atoms with E-state index in [4.69, 9.17) is 11.6 Å². The summed E-state index contributed by atoms with van der Waals surface area (Å²) in [7, 11) is 0. The fraction of sp³-hybridized carbons (Fsp3) is 0.455. The summed E-state index contributed by atoms with van der Waals surface area (Å²) in [6.45, 7) is 1.41. The molecule has 2 aromatic rings. The molecule has 0 radical (unpaired) electrons. The van der Waals surface area contributed by atoms with E-state index in [1.54, 1.807) is 12.1 Å². The molecule has 0 saturated heterocycles. The van der Waals surface area contributed by atoms with Crippen molar-refractivity contribution >= 4 is 11.6 Å². The maximum atomic E-state index is 12.7. The number of aromatic nitrogens is 5. The van der Waals surface area contributed by atoms with Gasteiger partial charge in [0.2, 0.25) is 5.82 Å². The Balaban J connectivity index is 1.73. The van der Waals surface area contributed by atoms with Gasteiger partial charge in [0.05, 0.1) is 12.2 Å². The maximum Gasteiger partial charge on any atom is 0.451 e. The smallest absolute Gasteiger partial charge is 0.305 e. The van der Waals surface area contributed by atoms with Crippen molar-refractivity contribution in [2.75, 3.05) is 6.54 Å². The lowest BCUT2D eigenvalue weighted by molar-refractivity contribution is -0.148. The van der Waals surface area contributed by atoms with Gasteiger partial charge in [0, 0.05) is 19.6 Å². The lowest BCUT2D eigenvalue weighted by Gasteiger charge is -2.27. The Kier molecular flexibility index (Phi) is 3.54. The minimum Gasteiger partial charge on any atom is -0.305 e. The molecule has 6 nitrogen and oxygen atoms in total. The van der Waals surface area contributed by atoms with Gasteiger partial charge in [-0.15, -0.1) is 15.3 Å². The summed E-state index contributed by atoms with van der Waals surface area (Å²) >= 11 is 5.65. The zero-order valence-electron chi connectivity index (χ0n) is 10.7. The molecule has 21 heavy (non-hydrogen) atoms. The van der Waals surface area contributed by atoms with E-state index in [0.717, 1.165) is 4.57 Å². The first-order chi connectivity index (χ1) is 9.93. The highest BCUT2D eigenvalue weighted by molar-refractivity contribution is 6.29. The molecular formula is C11H10ClF3N6. The molecule has 1 aliphatic rings. The number of hydrogen-bond donors (Lipinski definition) is 0. The molecule has 10 heteroatoms. The molecule has 2 aromatic heterocycles. The zero-order chi connectivity index (χ0) is 15.0. The summed E-state index contributed by atoms with van der Waals surface area (Å²) in [5, 5.41) is 14.8. The van der Waals surface area contributed by atoms with Gasteiger partial charge >= 0.3 is 6.18 Å². The van der Waals surface area contributed by atoms with Crippen LogP contribution >= 0.6 is 11.6 Å². The summed E-state index contributed by atoms with van der Waals surface area (Å²) in [6, 6.07) is 3.36. The van der Waals surface area contributed by atoms with Crippen molar-refractivity contribution in [3.05, 3.63) is 34.6 Å². The monoisotopic (exact) mass is 318 g/mol. The molecule has 0 aromatic carbocycles. The average molecular weight is 319 g/mol. The van der Waals surface area contributed by atoms with Gasteiger partial charge < -0.3 is 4.57 Å². The van der Waals surface area contributed by atoms with Crippen molar-refractivity contribution in [3.63, 3.8) is 0 Å². The SMILES string of the molecule is FC(F)(F)c1nnc2n1CCN(Cc1ccc(Cl)nn1)C2. The third kappa shape index (κ3) is 2.98. The highest BCUT2D eigenvalue weighted by Gasteiger charge is 2.39. The van der Waals surface area contributed by atoms with Crippen LogP contribution in [0.1, 0.15) is 17.3 Å².